The van der Waals surface area contributed by atoms with E-state index in [-0.39, 0.29) is 0 Å². The number of halogens is 2. The molecule has 2 heterocycles. The van der Waals surface area contributed by atoms with Crippen molar-refractivity contribution in [2.45, 2.75) is 18.9 Å². The lowest BCUT2D eigenvalue weighted by Crippen LogP contribution is -2.16. The van der Waals surface area contributed by atoms with E-state index in [1.165, 1.54) is 14.9 Å². The lowest BCUT2D eigenvalue weighted by Gasteiger charge is -2.15. The van der Waals surface area contributed by atoms with Gasteiger partial charge in [0.2, 0.25) is 0 Å². The van der Waals surface area contributed by atoms with Gasteiger partial charge in [0.15, 0.2) is 0 Å². The van der Waals surface area contributed by atoms with Gasteiger partial charge in [0.05, 0.1) is 13.8 Å². The Bertz CT molecular complexity index is 521. The molecule has 0 saturated heterocycles. The van der Waals surface area contributed by atoms with Crippen LogP contribution >= 0.6 is 43.2 Å². The van der Waals surface area contributed by atoms with E-state index in [1.54, 1.807) is 11.3 Å². The summed E-state index contributed by atoms with van der Waals surface area (Å²) < 4.78 is 4.20. The van der Waals surface area contributed by atoms with Crippen molar-refractivity contribution in [1.29, 1.82) is 0 Å². The summed E-state index contributed by atoms with van der Waals surface area (Å²) in [6.07, 6.45) is 6.10. The van der Waals surface area contributed by atoms with Crippen LogP contribution < -0.4 is 5.32 Å². The van der Waals surface area contributed by atoms with E-state index in [9.17, 15) is 0 Å². The van der Waals surface area contributed by atoms with Crippen LogP contribution in [-0.4, -0.2) is 16.8 Å². The molecule has 0 saturated carbocycles. The first-order valence-electron chi connectivity index (χ1n) is 5.69. The van der Waals surface area contributed by atoms with Crippen molar-refractivity contribution < 1.29 is 0 Å². The van der Waals surface area contributed by atoms with Gasteiger partial charge in [-0.3, -0.25) is 4.68 Å². The van der Waals surface area contributed by atoms with E-state index in [1.807, 2.05) is 25.0 Å². The number of nitrogens with zero attached hydrogens (tertiary/aromatic N) is 2. The second kappa shape index (κ2) is 6.32. The summed E-state index contributed by atoms with van der Waals surface area (Å²) >= 11 is 8.86. The number of rotatable bonds is 5. The molecule has 1 N–H and O–H groups in total. The summed E-state index contributed by atoms with van der Waals surface area (Å²) in [6, 6.07) is 2.54. The van der Waals surface area contributed by atoms with E-state index < -0.39 is 0 Å². The van der Waals surface area contributed by atoms with Crippen LogP contribution in [-0.2, 0) is 13.5 Å². The molecule has 0 amide bonds. The Labute approximate surface area is 128 Å². The highest BCUT2D eigenvalue weighted by molar-refractivity contribution is 9.12. The average molecular weight is 393 g/mol. The van der Waals surface area contributed by atoms with Crippen molar-refractivity contribution in [2.24, 2.45) is 7.05 Å². The van der Waals surface area contributed by atoms with Gasteiger partial charge in [-0.05, 0) is 68.9 Å². The van der Waals surface area contributed by atoms with Gasteiger partial charge in [0, 0.05) is 19.3 Å². The van der Waals surface area contributed by atoms with Gasteiger partial charge in [-0.15, -0.1) is 11.3 Å². The largest absolute Gasteiger partial charge is 0.313 e. The summed E-state index contributed by atoms with van der Waals surface area (Å²) in [4.78, 5) is 0. The summed E-state index contributed by atoms with van der Waals surface area (Å²) in [7, 11) is 3.96. The molecule has 18 heavy (non-hydrogen) atoms. The monoisotopic (exact) mass is 391 g/mol. The zero-order valence-corrected chi connectivity index (χ0v) is 14.3. The third-order valence-corrected chi connectivity index (χ3v) is 5.27. The molecule has 2 aromatic heterocycles. The molecule has 0 aliphatic carbocycles. The number of aromatic nitrogens is 2. The topological polar surface area (TPSA) is 29.9 Å². The van der Waals surface area contributed by atoms with Crippen molar-refractivity contribution in [1.82, 2.24) is 15.1 Å². The van der Waals surface area contributed by atoms with Gasteiger partial charge < -0.3 is 5.32 Å². The van der Waals surface area contributed by atoms with Crippen LogP contribution in [0.2, 0.25) is 0 Å². The van der Waals surface area contributed by atoms with E-state index in [0.29, 0.717) is 6.04 Å². The van der Waals surface area contributed by atoms with Gasteiger partial charge in [0.25, 0.3) is 0 Å². The summed E-state index contributed by atoms with van der Waals surface area (Å²) in [5, 5.41) is 7.57. The first-order valence-corrected chi connectivity index (χ1v) is 8.10. The number of thiophene rings is 1. The van der Waals surface area contributed by atoms with Crippen molar-refractivity contribution in [2.75, 3.05) is 7.05 Å². The Kier molecular flexibility index (Phi) is 5.00. The average Bonchev–Trinajstić information content (AvgIpc) is 2.87. The lowest BCUT2D eigenvalue weighted by atomic mass is 10.0. The molecule has 98 valence electrons. The maximum absolute atomic E-state index is 4.20. The Hall–Kier alpha value is -0.170. The summed E-state index contributed by atoms with van der Waals surface area (Å²) in [5.41, 5.74) is 2.60. The van der Waals surface area contributed by atoms with Crippen LogP contribution in [0.15, 0.2) is 26.0 Å². The van der Waals surface area contributed by atoms with Crippen molar-refractivity contribution in [3.05, 3.63) is 37.2 Å². The molecular formula is C12H15Br2N3S. The van der Waals surface area contributed by atoms with Gasteiger partial charge in [-0.25, -0.2) is 0 Å². The number of nitrogens with one attached hydrogen (secondary N) is 1. The molecule has 1 atom stereocenters. The molecule has 3 nitrogen and oxygen atoms in total. The zero-order chi connectivity index (χ0) is 13.1. The van der Waals surface area contributed by atoms with Crippen molar-refractivity contribution in [3.8, 4) is 0 Å². The molecule has 0 aliphatic rings. The van der Waals surface area contributed by atoms with Gasteiger partial charge in [-0.2, -0.15) is 5.10 Å². The number of aryl methyl sites for hydroxylation is 2. The maximum Gasteiger partial charge on any atom is 0.0758 e. The molecule has 0 aliphatic heterocycles. The highest BCUT2D eigenvalue weighted by Crippen LogP contribution is 2.36. The number of hydrogen-bond acceptors (Lipinski definition) is 3. The van der Waals surface area contributed by atoms with E-state index >= 15 is 0 Å². The van der Waals surface area contributed by atoms with E-state index in [0.717, 1.165) is 16.6 Å². The molecule has 0 aromatic carbocycles. The third kappa shape index (κ3) is 3.44. The first kappa shape index (κ1) is 14.2. The van der Waals surface area contributed by atoms with Crippen LogP contribution in [0.1, 0.15) is 23.6 Å². The molecule has 0 radical (unpaired) electrons. The lowest BCUT2D eigenvalue weighted by molar-refractivity contribution is 0.549. The minimum absolute atomic E-state index is 0.363. The van der Waals surface area contributed by atoms with Crippen LogP contribution in [0, 0.1) is 0 Å². The van der Waals surface area contributed by atoms with Crippen LogP contribution in [0.5, 0.6) is 0 Å². The van der Waals surface area contributed by atoms with Crippen LogP contribution in [0.4, 0.5) is 0 Å². The Morgan fingerprint density at radius 2 is 2.28 bits per heavy atom. The molecule has 0 bridgehead atoms. The fraction of sp³-hybridized carbons (Fsp3) is 0.417. The predicted molar refractivity (Wildman–Crippen MR) is 83.0 cm³/mol. The fourth-order valence-electron chi connectivity index (χ4n) is 1.96. The highest BCUT2D eigenvalue weighted by Gasteiger charge is 2.15. The van der Waals surface area contributed by atoms with E-state index in [4.69, 9.17) is 0 Å². The first-order chi connectivity index (χ1) is 8.60. The Morgan fingerprint density at radius 3 is 2.78 bits per heavy atom. The molecule has 2 rings (SSSR count). The van der Waals surface area contributed by atoms with Crippen molar-refractivity contribution >= 4 is 43.2 Å². The quantitative estimate of drug-likeness (QED) is 0.836. The summed E-state index contributed by atoms with van der Waals surface area (Å²) in [5.74, 6) is 0. The highest BCUT2D eigenvalue weighted by atomic mass is 79.9. The summed E-state index contributed by atoms with van der Waals surface area (Å²) in [6.45, 7) is 0. The molecule has 0 spiro atoms. The normalized spacial score (nSPS) is 12.9. The van der Waals surface area contributed by atoms with Gasteiger partial charge in [-0.1, -0.05) is 0 Å². The number of hydrogen-bond donors (Lipinski definition) is 1. The Balaban J connectivity index is 2.03. The van der Waals surface area contributed by atoms with E-state index in [2.05, 4.69) is 54.5 Å². The minimum atomic E-state index is 0.363. The molecule has 6 heteroatoms. The second-order valence-corrected chi connectivity index (χ2v) is 7.93. The fourth-order valence-corrected chi connectivity index (χ4v) is 4.93. The molecular weight excluding hydrogens is 378 g/mol. The predicted octanol–water partition coefficient (Wildman–Crippen LogP) is 3.90. The Morgan fingerprint density at radius 1 is 1.50 bits per heavy atom. The SMILES string of the molecule is CNC(CCc1cnn(C)c1)c1cc(Br)sc1Br. The standard InChI is InChI=1S/C12H15Br2N3S/c1-15-10(9-5-11(13)18-12(9)14)4-3-8-6-16-17(2)7-8/h5-7,10,15H,3-4H2,1-2H3. The van der Waals surface area contributed by atoms with Crippen LogP contribution in [0.3, 0.4) is 0 Å². The van der Waals surface area contributed by atoms with Gasteiger partial charge in [0.1, 0.15) is 0 Å². The van der Waals surface area contributed by atoms with Gasteiger partial charge >= 0.3 is 0 Å². The molecule has 0 fully saturated rings. The van der Waals surface area contributed by atoms with Crippen LogP contribution in [0.25, 0.3) is 0 Å². The third-order valence-electron chi connectivity index (χ3n) is 2.89. The second-order valence-electron chi connectivity index (χ2n) is 4.18. The van der Waals surface area contributed by atoms with Crippen molar-refractivity contribution in [3.63, 3.8) is 0 Å². The maximum atomic E-state index is 4.20. The minimum Gasteiger partial charge on any atom is -0.313 e. The molecule has 1 unspecified atom stereocenters. The smallest absolute Gasteiger partial charge is 0.0758 e. The molecule has 2 aromatic rings. The zero-order valence-electron chi connectivity index (χ0n) is 10.3.